The summed E-state index contributed by atoms with van der Waals surface area (Å²) in [6, 6.07) is 6.11. The van der Waals surface area contributed by atoms with Gasteiger partial charge in [-0.15, -0.1) is 0 Å². The molecule has 0 heterocycles. The van der Waals surface area contributed by atoms with Gasteiger partial charge in [0.1, 0.15) is 5.82 Å². The molecule has 0 bridgehead atoms. The third kappa shape index (κ3) is 1.60. The molecule has 0 N–H and O–H groups in total. The standard InChI is InChI=1S/C9H6F/c1-2-4-8-5-3-6-9(10)7-8/h3,5-7H,1H2. The third-order valence-electron chi connectivity index (χ3n) is 1.06. The first-order valence-electron chi connectivity index (χ1n) is 2.86. The van der Waals surface area contributed by atoms with Crippen LogP contribution in [0.25, 0.3) is 0 Å². The number of halogens is 1. The average Bonchev–Trinajstić information content (AvgIpc) is 1.88. The van der Waals surface area contributed by atoms with E-state index in [0.29, 0.717) is 5.56 Å². The van der Waals surface area contributed by atoms with Crippen molar-refractivity contribution < 1.29 is 4.39 Å². The van der Waals surface area contributed by atoms with Gasteiger partial charge in [0.05, 0.1) is 0 Å². The molecule has 0 nitrogen and oxygen atoms in total. The highest BCUT2D eigenvalue weighted by Gasteiger charge is 1.87. The summed E-state index contributed by atoms with van der Waals surface area (Å²) < 4.78 is 12.4. The van der Waals surface area contributed by atoms with Gasteiger partial charge in [-0.1, -0.05) is 17.9 Å². The van der Waals surface area contributed by atoms with Crippen LogP contribution in [0.3, 0.4) is 0 Å². The molecule has 0 saturated heterocycles. The van der Waals surface area contributed by atoms with Gasteiger partial charge in [0.15, 0.2) is 0 Å². The van der Waals surface area contributed by atoms with E-state index < -0.39 is 0 Å². The molecular formula is C9H6F. The lowest BCUT2D eigenvalue weighted by molar-refractivity contribution is 0.627. The van der Waals surface area contributed by atoms with Crippen molar-refractivity contribution >= 4 is 0 Å². The SMILES string of the molecule is [CH2]C#Cc1cccc(F)c1. The van der Waals surface area contributed by atoms with Crippen molar-refractivity contribution in [1.29, 1.82) is 0 Å². The molecule has 0 aliphatic heterocycles. The fourth-order valence-electron chi connectivity index (χ4n) is 0.668. The van der Waals surface area contributed by atoms with E-state index in [-0.39, 0.29) is 5.82 Å². The molecule has 1 aromatic carbocycles. The van der Waals surface area contributed by atoms with Gasteiger partial charge >= 0.3 is 0 Å². The zero-order valence-corrected chi connectivity index (χ0v) is 5.39. The third-order valence-corrected chi connectivity index (χ3v) is 1.06. The lowest BCUT2D eigenvalue weighted by atomic mass is 10.2. The van der Waals surface area contributed by atoms with Crippen LogP contribution in [-0.2, 0) is 0 Å². The van der Waals surface area contributed by atoms with Crippen LogP contribution in [0.15, 0.2) is 24.3 Å². The van der Waals surface area contributed by atoms with E-state index in [2.05, 4.69) is 18.8 Å². The minimum Gasteiger partial charge on any atom is -0.207 e. The molecule has 10 heavy (non-hydrogen) atoms. The Morgan fingerprint density at radius 1 is 1.40 bits per heavy atom. The van der Waals surface area contributed by atoms with Crippen LogP contribution in [0.1, 0.15) is 5.56 Å². The minimum atomic E-state index is -0.264. The maximum absolute atomic E-state index is 12.4. The number of hydrogen-bond acceptors (Lipinski definition) is 0. The highest BCUT2D eigenvalue weighted by molar-refractivity contribution is 5.34. The summed E-state index contributed by atoms with van der Waals surface area (Å²) in [5.74, 6) is 4.83. The second-order valence-corrected chi connectivity index (χ2v) is 1.81. The van der Waals surface area contributed by atoms with E-state index in [0.717, 1.165) is 0 Å². The second-order valence-electron chi connectivity index (χ2n) is 1.81. The topological polar surface area (TPSA) is 0 Å². The minimum absolute atomic E-state index is 0.264. The van der Waals surface area contributed by atoms with Crippen molar-refractivity contribution in [2.24, 2.45) is 0 Å². The van der Waals surface area contributed by atoms with Crippen molar-refractivity contribution in [2.45, 2.75) is 0 Å². The first-order chi connectivity index (χ1) is 4.83. The lowest BCUT2D eigenvalue weighted by Crippen LogP contribution is -1.75. The fourth-order valence-corrected chi connectivity index (χ4v) is 0.668. The van der Waals surface area contributed by atoms with Crippen LogP contribution in [0.5, 0.6) is 0 Å². The van der Waals surface area contributed by atoms with E-state index in [1.165, 1.54) is 12.1 Å². The van der Waals surface area contributed by atoms with Gasteiger partial charge < -0.3 is 0 Å². The average molecular weight is 133 g/mol. The van der Waals surface area contributed by atoms with Gasteiger partial charge in [-0.25, -0.2) is 4.39 Å². The largest absolute Gasteiger partial charge is 0.207 e. The number of rotatable bonds is 0. The highest BCUT2D eigenvalue weighted by Crippen LogP contribution is 2.00. The summed E-state index contributed by atoms with van der Waals surface area (Å²) in [6.07, 6.45) is 0. The normalized spacial score (nSPS) is 8.20. The van der Waals surface area contributed by atoms with Crippen molar-refractivity contribution in [3.05, 3.63) is 42.6 Å². The smallest absolute Gasteiger partial charge is 0.124 e. The Hall–Kier alpha value is -1.29. The van der Waals surface area contributed by atoms with Crippen LogP contribution in [0.4, 0.5) is 4.39 Å². The number of benzene rings is 1. The first kappa shape index (κ1) is 6.82. The quantitative estimate of drug-likeness (QED) is 0.475. The van der Waals surface area contributed by atoms with Gasteiger partial charge in [0, 0.05) is 12.5 Å². The van der Waals surface area contributed by atoms with Gasteiger partial charge in [0.2, 0.25) is 0 Å². The summed E-state index contributed by atoms with van der Waals surface area (Å²) in [7, 11) is 0. The van der Waals surface area contributed by atoms with Gasteiger partial charge in [-0.2, -0.15) is 0 Å². The van der Waals surface area contributed by atoms with Crippen LogP contribution in [-0.4, -0.2) is 0 Å². The van der Waals surface area contributed by atoms with E-state index in [1.807, 2.05) is 0 Å². The molecule has 1 rings (SSSR count). The molecule has 0 amide bonds. The molecular weight excluding hydrogens is 127 g/mol. The molecule has 49 valence electrons. The predicted molar refractivity (Wildman–Crippen MR) is 38.6 cm³/mol. The second kappa shape index (κ2) is 3.03. The molecule has 0 aliphatic carbocycles. The zero-order chi connectivity index (χ0) is 7.40. The van der Waals surface area contributed by atoms with E-state index >= 15 is 0 Å². The summed E-state index contributed by atoms with van der Waals surface area (Å²) in [5.41, 5.74) is 0.662. The molecule has 1 heteroatoms. The molecule has 0 unspecified atom stereocenters. The van der Waals surface area contributed by atoms with Gasteiger partial charge in [0.25, 0.3) is 0 Å². The van der Waals surface area contributed by atoms with Crippen LogP contribution < -0.4 is 0 Å². The Balaban J connectivity index is 3.03. The maximum Gasteiger partial charge on any atom is 0.124 e. The molecule has 0 spiro atoms. The van der Waals surface area contributed by atoms with E-state index in [1.54, 1.807) is 12.1 Å². The number of hydrogen-bond donors (Lipinski definition) is 0. The van der Waals surface area contributed by atoms with Crippen molar-refractivity contribution in [2.75, 3.05) is 0 Å². The van der Waals surface area contributed by atoms with Crippen LogP contribution >= 0.6 is 0 Å². The Morgan fingerprint density at radius 3 is 2.80 bits per heavy atom. The van der Waals surface area contributed by atoms with Gasteiger partial charge in [-0.3, -0.25) is 0 Å². The van der Waals surface area contributed by atoms with E-state index in [9.17, 15) is 4.39 Å². The van der Waals surface area contributed by atoms with Gasteiger partial charge in [-0.05, 0) is 18.2 Å². The Kier molecular flexibility index (Phi) is 2.07. The zero-order valence-electron chi connectivity index (χ0n) is 5.39. The van der Waals surface area contributed by atoms with Crippen molar-refractivity contribution in [3.8, 4) is 11.8 Å². The molecule has 0 atom stereocenters. The maximum atomic E-state index is 12.4. The fraction of sp³-hybridized carbons (Fsp3) is 0. The van der Waals surface area contributed by atoms with E-state index in [4.69, 9.17) is 0 Å². The predicted octanol–water partition coefficient (Wildman–Crippen LogP) is 2.01. The van der Waals surface area contributed by atoms with Crippen molar-refractivity contribution in [1.82, 2.24) is 0 Å². The van der Waals surface area contributed by atoms with Crippen molar-refractivity contribution in [3.63, 3.8) is 0 Å². The molecule has 0 aliphatic rings. The Morgan fingerprint density at radius 2 is 2.20 bits per heavy atom. The highest BCUT2D eigenvalue weighted by atomic mass is 19.1. The molecule has 0 fully saturated rings. The molecule has 1 aromatic rings. The summed E-state index contributed by atoms with van der Waals surface area (Å²) in [4.78, 5) is 0. The molecule has 0 aromatic heterocycles. The first-order valence-corrected chi connectivity index (χ1v) is 2.86. The Bertz CT molecular complexity index is 278. The lowest BCUT2D eigenvalue weighted by Gasteiger charge is -1.87. The van der Waals surface area contributed by atoms with Crippen LogP contribution in [0.2, 0.25) is 0 Å². The molecule has 0 saturated carbocycles. The monoisotopic (exact) mass is 133 g/mol. The summed E-state index contributed by atoms with van der Waals surface area (Å²) in [6.45, 7) is 3.33. The summed E-state index contributed by atoms with van der Waals surface area (Å²) >= 11 is 0. The summed E-state index contributed by atoms with van der Waals surface area (Å²) in [5, 5.41) is 0. The molecule has 1 radical (unpaired) electrons. The van der Waals surface area contributed by atoms with Crippen LogP contribution in [0, 0.1) is 24.6 Å². The Labute approximate surface area is 59.7 Å².